The first kappa shape index (κ1) is 7.35. The van der Waals surface area contributed by atoms with Crippen molar-refractivity contribution in [1.29, 1.82) is 0 Å². The van der Waals surface area contributed by atoms with Crippen LogP contribution in [0.2, 0.25) is 0 Å². The maximum atomic E-state index is 8.76. The molecule has 0 radical (unpaired) electrons. The summed E-state index contributed by atoms with van der Waals surface area (Å²) in [5, 5.41) is 0. The Balaban J connectivity index is 3.54. The van der Waals surface area contributed by atoms with Crippen LogP contribution in [0.1, 0.15) is 13.8 Å². The molecule has 0 aromatic carbocycles. The fourth-order valence-electron chi connectivity index (χ4n) is 0. The van der Waals surface area contributed by atoms with Gasteiger partial charge in [-0.15, -0.1) is 0 Å². The molecule has 0 aliphatic heterocycles. The Hall–Kier alpha value is 0.350. The summed E-state index contributed by atoms with van der Waals surface area (Å²) in [4.78, 5) is 17.5. The summed E-state index contributed by atoms with van der Waals surface area (Å²) in [6.45, 7) is 5.08. The first-order valence-corrected chi connectivity index (χ1v) is 4.47. The molecule has 0 amide bonds. The molecule has 0 rings (SSSR count). The van der Waals surface area contributed by atoms with E-state index < -0.39 is 7.72 Å². The van der Waals surface area contributed by atoms with Crippen LogP contribution in [0.15, 0.2) is 0 Å². The Morgan fingerprint density at radius 3 is 1.43 bits per heavy atom. The van der Waals surface area contributed by atoms with E-state index in [2.05, 4.69) is 0 Å². The lowest BCUT2D eigenvalue weighted by molar-refractivity contribution is 0.446. The second-order valence-corrected chi connectivity index (χ2v) is 5.06. The lowest BCUT2D eigenvalue weighted by Gasteiger charge is -2.08. The van der Waals surface area contributed by atoms with Gasteiger partial charge < -0.3 is 0 Å². The van der Waals surface area contributed by atoms with Crippen LogP contribution in [0.5, 0.6) is 0 Å². The Morgan fingerprint density at radius 2 is 1.43 bits per heavy atom. The molecule has 0 unspecified atom stereocenters. The third kappa shape index (κ3) is 2.98. The average Bonchev–Trinajstić information content (AvgIpc) is 1.31. The molecule has 0 fully saturated rings. The van der Waals surface area contributed by atoms with Crippen molar-refractivity contribution in [3.63, 3.8) is 0 Å². The predicted molar refractivity (Wildman–Crippen MR) is 32.4 cm³/mol. The molecule has 0 atom stereocenters. The van der Waals surface area contributed by atoms with Gasteiger partial charge in [-0.1, -0.05) is 0 Å². The molecule has 0 aliphatic rings. The Labute approximate surface area is 44.7 Å². The highest BCUT2D eigenvalue weighted by molar-refractivity contribution is 7.64. The standard InChI is InChI=1S/C4H12O2P/c1-4(2)7(3,5)6/h4-6H,1-3H3/q+1. The first-order chi connectivity index (χ1) is 2.94. The third-order valence-electron chi connectivity index (χ3n) is 0.978. The van der Waals surface area contributed by atoms with Crippen molar-refractivity contribution in [2.75, 3.05) is 6.66 Å². The van der Waals surface area contributed by atoms with Gasteiger partial charge in [-0.25, -0.2) is 9.79 Å². The number of rotatable bonds is 1. The van der Waals surface area contributed by atoms with Gasteiger partial charge >= 0.3 is 0 Å². The molecule has 7 heavy (non-hydrogen) atoms. The van der Waals surface area contributed by atoms with E-state index >= 15 is 0 Å². The molecule has 2 N–H and O–H groups in total. The van der Waals surface area contributed by atoms with Gasteiger partial charge in [-0.05, 0) is 13.8 Å². The highest BCUT2D eigenvalue weighted by Gasteiger charge is 2.29. The summed E-state index contributed by atoms with van der Waals surface area (Å²) >= 11 is 0. The minimum atomic E-state index is -2.49. The summed E-state index contributed by atoms with van der Waals surface area (Å²) in [5.74, 6) is 0. The third-order valence-corrected chi connectivity index (χ3v) is 2.93. The van der Waals surface area contributed by atoms with Crippen molar-refractivity contribution < 1.29 is 9.79 Å². The van der Waals surface area contributed by atoms with Crippen LogP contribution in [-0.4, -0.2) is 22.1 Å². The molecule has 0 aliphatic carbocycles. The molecular formula is C4H12O2P+. The van der Waals surface area contributed by atoms with Crippen LogP contribution in [-0.2, 0) is 0 Å². The van der Waals surface area contributed by atoms with Crippen LogP contribution in [0.4, 0.5) is 0 Å². The minimum Gasteiger partial charge on any atom is -0.220 e. The smallest absolute Gasteiger partial charge is 0.220 e. The average molecular weight is 123 g/mol. The van der Waals surface area contributed by atoms with Crippen molar-refractivity contribution in [3.05, 3.63) is 0 Å². The van der Waals surface area contributed by atoms with Gasteiger partial charge in [0.2, 0.25) is 0 Å². The zero-order valence-electron chi connectivity index (χ0n) is 4.92. The van der Waals surface area contributed by atoms with E-state index in [1.165, 1.54) is 6.66 Å². The zero-order valence-corrected chi connectivity index (χ0v) is 5.81. The molecule has 0 bridgehead atoms. The molecule has 0 saturated heterocycles. The summed E-state index contributed by atoms with van der Waals surface area (Å²) in [5.41, 5.74) is 0.0208. The predicted octanol–water partition coefficient (Wildman–Crippen LogP) is 0.857. The summed E-state index contributed by atoms with van der Waals surface area (Å²) < 4.78 is 0. The molecule has 3 heteroatoms. The Bertz CT molecular complexity index is 55.2. The monoisotopic (exact) mass is 123 g/mol. The van der Waals surface area contributed by atoms with E-state index in [0.717, 1.165) is 0 Å². The fraction of sp³-hybridized carbons (Fsp3) is 1.00. The molecule has 0 aromatic heterocycles. The normalized spacial score (nSPS) is 12.9. The van der Waals surface area contributed by atoms with Gasteiger partial charge in [0.1, 0.15) is 12.3 Å². The van der Waals surface area contributed by atoms with E-state index in [9.17, 15) is 0 Å². The SMILES string of the molecule is CC(C)[P+](C)(O)O. The highest BCUT2D eigenvalue weighted by atomic mass is 31.2. The van der Waals surface area contributed by atoms with Gasteiger partial charge in [-0.2, -0.15) is 0 Å². The second kappa shape index (κ2) is 2.08. The quantitative estimate of drug-likeness (QED) is 0.507. The number of hydrogen-bond donors (Lipinski definition) is 2. The van der Waals surface area contributed by atoms with Crippen LogP contribution >= 0.6 is 7.72 Å². The Kier molecular flexibility index (Phi) is 2.18. The van der Waals surface area contributed by atoms with Crippen molar-refractivity contribution >= 4 is 7.72 Å². The first-order valence-electron chi connectivity index (χ1n) is 2.26. The molecule has 0 aromatic rings. The topological polar surface area (TPSA) is 40.5 Å². The van der Waals surface area contributed by atoms with Crippen LogP contribution < -0.4 is 0 Å². The molecule has 2 nitrogen and oxygen atoms in total. The summed E-state index contributed by atoms with van der Waals surface area (Å²) in [7, 11) is -2.49. The van der Waals surface area contributed by atoms with Gasteiger partial charge in [0.25, 0.3) is 7.72 Å². The van der Waals surface area contributed by atoms with Gasteiger partial charge in [0.15, 0.2) is 0 Å². The molecule has 0 spiro atoms. The second-order valence-electron chi connectivity index (χ2n) is 2.07. The van der Waals surface area contributed by atoms with Crippen LogP contribution in [0, 0.1) is 0 Å². The van der Waals surface area contributed by atoms with Crippen LogP contribution in [0.25, 0.3) is 0 Å². The van der Waals surface area contributed by atoms with Crippen molar-refractivity contribution in [2.45, 2.75) is 19.5 Å². The largest absolute Gasteiger partial charge is 0.267 e. The van der Waals surface area contributed by atoms with E-state index in [1.54, 1.807) is 13.8 Å². The van der Waals surface area contributed by atoms with Gasteiger partial charge in [0.05, 0.1) is 0 Å². The minimum absolute atomic E-state index is 0.0208. The van der Waals surface area contributed by atoms with Crippen molar-refractivity contribution in [3.8, 4) is 0 Å². The lowest BCUT2D eigenvalue weighted by atomic mass is 10.6. The zero-order chi connectivity index (χ0) is 6.08. The van der Waals surface area contributed by atoms with Crippen molar-refractivity contribution in [2.24, 2.45) is 0 Å². The fourth-order valence-corrected chi connectivity index (χ4v) is 0. The lowest BCUT2D eigenvalue weighted by Crippen LogP contribution is -2.01. The maximum Gasteiger partial charge on any atom is 0.267 e. The van der Waals surface area contributed by atoms with E-state index in [1.807, 2.05) is 0 Å². The van der Waals surface area contributed by atoms with E-state index in [4.69, 9.17) is 9.79 Å². The van der Waals surface area contributed by atoms with Gasteiger partial charge in [0, 0.05) is 0 Å². The van der Waals surface area contributed by atoms with Gasteiger partial charge in [-0.3, -0.25) is 0 Å². The molecule has 0 saturated carbocycles. The van der Waals surface area contributed by atoms with E-state index in [0.29, 0.717) is 0 Å². The van der Waals surface area contributed by atoms with E-state index in [-0.39, 0.29) is 5.66 Å². The number of hydrogen-bond acceptors (Lipinski definition) is 2. The van der Waals surface area contributed by atoms with Crippen molar-refractivity contribution in [1.82, 2.24) is 0 Å². The summed E-state index contributed by atoms with van der Waals surface area (Å²) in [6.07, 6.45) is 0. The molecule has 44 valence electrons. The molecular weight excluding hydrogens is 111 g/mol. The summed E-state index contributed by atoms with van der Waals surface area (Å²) in [6, 6.07) is 0. The highest BCUT2D eigenvalue weighted by Crippen LogP contribution is 2.49. The Morgan fingerprint density at radius 1 is 1.29 bits per heavy atom. The maximum absolute atomic E-state index is 8.76. The van der Waals surface area contributed by atoms with Crippen LogP contribution in [0.3, 0.4) is 0 Å². The molecule has 0 heterocycles.